The Bertz CT molecular complexity index is 5910. The number of hydrogen-bond donors (Lipinski definition) is 5. The van der Waals surface area contributed by atoms with E-state index in [-0.39, 0.29) is 64.4 Å². The van der Waals surface area contributed by atoms with Crippen molar-refractivity contribution in [3.8, 4) is 45.6 Å². The summed E-state index contributed by atoms with van der Waals surface area (Å²) in [6.45, 7) is -8.21. The fraction of sp³-hybridized carbons (Fsp3) is 0.145. The molecular formula is C76H44Br2Cl6F21N7O10. The molecule has 7 aromatic heterocycles. The van der Waals surface area contributed by atoms with Gasteiger partial charge >= 0.3 is 30.9 Å². The molecule has 646 valence electrons. The minimum atomic E-state index is -4.67. The van der Waals surface area contributed by atoms with Crippen molar-refractivity contribution in [2.24, 2.45) is 0 Å². The van der Waals surface area contributed by atoms with E-state index in [1.165, 1.54) is 49.2 Å². The molecule has 6 aromatic carbocycles. The average molecular weight is 1990 g/mol. The normalized spacial score (nSPS) is 11.8. The van der Waals surface area contributed by atoms with Gasteiger partial charge in [-0.2, -0.15) is 65.9 Å². The third-order valence-electron chi connectivity index (χ3n) is 15.2. The molecule has 13 rings (SSSR count). The summed E-state index contributed by atoms with van der Waals surface area (Å²) in [5.74, 6) is -11.7. The van der Waals surface area contributed by atoms with Crippen LogP contribution in [0, 0.1) is 34.9 Å². The van der Waals surface area contributed by atoms with E-state index in [2.05, 4.69) is 90.4 Å². The zero-order valence-corrected chi connectivity index (χ0v) is 67.4. The topological polar surface area (TPSA) is 237 Å². The maximum atomic E-state index is 14.9. The van der Waals surface area contributed by atoms with Gasteiger partial charge in [-0.1, -0.05) is 75.7 Å². The number of pyridine rings is 4. The molecule has 0 bridgehead atoms. The van der Waals surface area contributed by atoms with E-state index in [9.17, 15) is 112 Å². The van der Waals surface area contributed by atoms with Crippen LogP contribution in [0.2, 0.25) is 30.1 Å². The standard InChI is InChI=1S/C21H12ClF4N3O2.C16H10BrClF4N2O2.C16H8BrClF4N2O2.C9H5ClF4O2.C8H5ClF4O.C6H4ClFO/c22-15-3-4-16(31-10-21(24,25)26)18(23)17(15)19(30)14-9-29-20-13(14)6-12(8-28-20)11-2-1-5-27-7-11;2*17-7-3-8-9(5-24-15(8)23-4-7)14(25)12-10(18)1-2-11(13(12)19)26-6-16(20,21)22;10-6-1-2-7(8(11)5(6)3-15)16-4-9(12,13)14;9-5-1-2-7(6(10)3-5)14-4-8(11,12)13;7-4-1-2-6(9)5(8)3-4/h1-9H,10H2,(H,28,29);1-5,14,25H,6H2,(H,23,24);1-5H,6H2,(H,23,24);1-3H,4H2;1-3H,4H2;1-3,9H. The minimum Gasteiger partial charge on any atom is -0.505 e. The molecule has 17 nitrogen and oxygen atoms in total. The van der Waals surface area contributed by atoms with E-state index in [0.29, 0.717) is 47.6 Å². The number of fused-ring (bicyclic) bond motifs is 3. The number of hydrogen-bond acceptors (Lipinski definition) is 14. The van der Waals surface area contributed by atoms with Gasteiger partial charge in [0.1, 0.15) is 23.0 Å². The molecule has 0 radical (unpaired) electrons. The quantitative estimate of drug-likeness (QED) is 0.0305. The second-order valence-electron chi connectivity index (χ2n) is 24.0. The predicted octanol–water partition coefficient (Wildman–Crippen LogP) is 24.9. The maximum absolute atomic E-state index is 14.9. The molecule has 5 N–H and O–H groups in total. The van der Waals surface area contributed by atoms with Gasteiger partial charge in [0.15, 0.2) is 120 Å². The van der Waals surface area contributed by atoms with Crippen molar-refractivity contribution in [3.05, 3.63) is 278 Å². The number of ketones is 2. The number of rotatable bonds is 18. The number of aldehydes is 1. The van der Waals surface area contributed by atoms with E-state index < -0.39 is 162 Å². The summed E-state index contributed by atoms with van der Waals surface area (Å²) < 4.78 is 287. The Kier molecular flexibility index (Phi) is 33.1. The van der Waals surface area contributed by atoms with Crippen LogP contribution in [-0.4, -0.2) is 127 Å². The van der Waals surface area contributed by atoms with Crippen molar-refractivity contribution in [1.29, 1.82) is 0 Å². The Morgan fingerprint density at radius 2 is 0.820 bits per heavy atom. The second kappa shape index (κ2) is 41.6. The number of phenols is 1. The summed E-state index contributed by atoms with van der Waals surface area (Å²) in [6, 6.07) is 23.6. The number of aromatic hydroxyl groups is 1. The third-order valence-corrected chi connectivity index (χ3v) is 17.9. The van der Waals surface area contributed by atoms with Gasteiger partial charge < -0.3 is 48.8 Å². The van der Waals surface area contributed by atoms with Crippen molar-refractivity contribution in [1.82, 2.24) is 34.9 Å². The van der Waals surface area contributed by atoms with E-state index in [0.717, 1.165) is 72.3 Å². The van der Waals surface area contributed by atoms with Gasteiger partial charge in [-0.3, -0.25) is 19.4 Å². The van der Waals surface area contributed by atoms with E-state index in [1.807, 2.05) is 6.07 Å². The van der Waals surface area contributed by atoms with Crippen LogP contribution in [0.25, 0.3) is 44.2 Å². The molecule has 13 aromatic rings. The molecule has 122 heavy (non-hydrogen) atoms. The molecule has 0 saturated carbocycles. The van der Waals surface area contributed by atoms with Crippen molar-refractivity contribution in [2.45, 2.75) is 37.0 Å². The van der Waals surface area contributed by atoms with Crippen molar-refractivity contribution in [3.63, 3.8) is 0 Å². The highest BCUT2D eigenvalue weighted by molar-refractivity contribution is 9.10. The molecule has 0 aliphatic rings. The van der Waals surface area contributed by atoms with Crippen LogP contribution in [0.5, 0.6) is 34.5 Å². The zero-order valence-electron chi connectivity index (χ0n) is 59.7. The van der Waals surface area contributed by atoms with Crippen LogP contribution in [0.1, 0.15) is 59.4 Å². The number of alkyl halides is 15. The third kappa shape index (κ3) is 27.3. The van der Waals surface area contributed by atoms with E-state index >= 15 is 0 Å². The summed E-state index contributed by atoms with van der Waals surface area (Å²) in [6.07, 6.45) is -12.5. The lowest BCUT2D eigenvalue weighted by Crippen LogP contribution is -2.20. The number of nitrogens with zero attached hydrogens (tertiary/aromatic N) is 4. The fourth-order valence-electron chi connectivity index (χ4n) is 9.96. The number of aliphatic hydroxyl groups excluding tert-OH is 1. The Balaban J connectivity index is 0.000000189. The molecule has 1 unspecified atom stereocenters. The van der Waals surface area contributed by atoms with Gasteiger partial charge in [0.2, 0.25) is 0 Å². The number of ether oxygens (including phenoxy) is 5. The number of aromatic nitrogens is 7. The number of aliphatic hydroxyl groups is 1. The summed E-state index contributed by atoms with van der Waals surface area (Å²) in [7, 11) is 0. The van der Waals surface area contributed by atoms with Crippen LogP contribution < -0.4 is 23.7 Å². The highest BCUT2D eigenvalue weighted by Gasteiger charge is 2.36. The largest absolute Gasteiger partial charge is 0.505 e. The summed E-state index contributed by atoms with van der Waals surface area (Å²) >= 11 is 40.6. The molecule has 0 spiro atoms. The monoisotopic (exact) mass is 1980 g/mol. The summed E-state index contributed by atoms with van der Waals surface area (Å²) in [5, 5.41) is 20.1. The molecule has 7 heterocycles. The highest BCUT2D eigenvalue weighted by atomic mass is 79.9. The van der Waals surface area contributed by atoms with Gasteiger partial charge in [-0.15, -0.1) is 0 Å². The smallest absolute Gasteiger partial charge is 0.422 e. The minimum absolute atomic E-state index is 0.0574. The van der Waals surface area contributed by atoms with Gasteiger partial charge in [0, 0.05) is 123 Å². The number of halogens is 29. The molecule has 0 aliphatic carbocycles. The molecule has 46 heteroatoms. The molecule has 1 atom stereocenters. The van der Waals surface area contributed by atoms with Crippen molar-refractivity contribution >= 4 is 152 Å². The lowest BCUT2D eigenvalue weighted by Gasteiger charge is -2.16. The van der Waals surface area contributed by atoms with Crippen molar-refractivity contribution in [2.75, 3.05) is 33.0 Å². The Labute approximate surface area is 716 Å². The second-order valence-corrected chi connectivity index (χ2v) is 28.3. The van der Waals surface area contributed by atoms with Gasteiger partial charge in [-0.25, -0.2) is 41.3 Å². The van der Waals surface area contributed by atoms with Gasteiger partial charge in [0.25, 0.3) is 0 Å². The molecular weight excluding hydrogens is 1940 g/mol. The summed E-state index contributed by atoms with van der Waals surface area (Å²) in [5.41, 5.74) is 0.950. The predicted molar refractivity (Wildman–Crippen MR) is 411 cm³/mol. The number of nitrogens with one attached hydrogen (secondary N) is 3. The average Bonchev–Trinajstić information content (AvgIpc) is 1.79. The number of aromatic amines is 3. The number of phenolic OH excluding ortho intramolecular Hbond substituents is 1. The highest BCUT2D eigenvalue weighted by Crippen LogP contribution is 2.41. The Morgan fingerprint density at radius 3 is 1.25 bits per heavy atom. The van der Waals surface area contributed by atoms with Crippen LogP contribution in [0.15, 0.2) is 174 Å². The number of benzene rings is 6. The van der Waals surface area contributed by atoms with Crippen LogP contribution in [-0.2, 0) is 0 Å². The first-order valence-electron chi connectivity index (χ1n) is 32.9. The van der Waals surface area contributed by atoms with Gasteiger partial charge in [0.05, 0.1) is 31.8 Å². The van der Waals surface area contributed by atoms with Crippen LogP contribution >= 0.6 is 101 Å². The fourth-order valence-corrected chi connectivity index (χ4v) is 11.8. The lowest BCUT2D eigenvalue weighted by atomic mass is 10.0. The SMILES string of the molecule is Fc1cc(Cl)ccc1OCC(F)(F)F.O=C(c1c(Cl)ccc(OCC(F)(F)F)c1F)c1c[nH]c2ncc(-c3cccnc3)cc12.O=C(c1c(Cl)ccc(OCC(F)(F)F)c1F)c1c[nH]c2ncc(Br)cc12.O=Cc1c(Cl)ccc(OCC(F)(F)F)c1F.OC(c1c(Cl)ccc(OCC(F)(F)F)c1F)c1c[nH]c2ncc(Br)cc12.Oc1ccc(Cl)cc1F. The van der Waals surface area contributed by atoms with Crippen LogP contribution in [0.4, 0.5) is 92.2 Å². The summed E-state index contributed by atoms with van der Waals surface area (Å²) in [4.78, 5) is 61.2. The van der Waals surface area contributed by atoms with Crippen molar-refractivity contribution < 1.29 is 140 Å². The first kappa shape index (κ1) is 97.0. The number of H-pyrrole nitrogens is 3. The molecule has 0 aliphatic heterocycles. The molecule has 0 fully saturated rings. The number of carbonyl (C=O) groups excluding carboxylic acids is 3. The first-order valence-corrected chi connectivity index (χ1v) is 36.7. The molecule has 0 amide bonds. The number of carbonyl (C=O) groups is 3. The maximum Gasteiger partial charge on any atom is 0.422 e. The van der Waals surface area contributed by atoms with Crippen LogP contribution in [0.3, 0.4) is 0 Å². The molecule has 0 saturated heterocycles. The van der Waals surface area contributed by atoms with E-state index in [1.54, 1.807) is 42.9 Å². The Hall–Kier alpha value is -10.5. The van der Waals surface area contributed by atoms with Gasteiger partial charge in [-0.05, 0) is 141 Å². The Morgan fingerprint density at radius 1 is 0.434 bits per heavy atom. The first-order chi connectivity index (χ1) is 57.0. The zero-order chi connectivity index (χ0) is 90.3. The van der Waals surface area contributed by atoms with E-state index in [4.69, 9.17) is 74.7 Å². The lowest BCUT2D eigenvalue weighted by molar-refractivity contribution is -0.154.